The first-order valence-corrected chi connectivity index (χ1v) is 13.2. The average Bonchev–Trinajstić information content (AvgIpc) is 3.21. The lowest BCUT2D eigenvalue weighted by molar-refractivity contribution is -0.137. The molecule has 194 valence electrons. The number of benzene rings is 2. The third kappa shape index (κ3) is 7.09. The molecule has 3 rings (SSSR count). The normalized spacial score (nSPS) is 12.4. The van der Waals surface area contributed by atoms with Gasteiger partial charge in [0.15, 0.2) is 9.84 Å². The van der Waals surface area contributed by atoms with Crippen molar-refractivity contribution in [3.05, 3.63) is 71.5 Å². The van der Waals surface area contributed by atoms with E-state index in [0.29, 0.717) is 19.4 Å². The van der Waals surface area contributed by atoms with E-state index in [1.165, 1.54) is 12.1 Å². The van der Waals surface area contributed by atoms with Crippen molar-refractivity contribution in [3.63, 3.8) is 0 Å². The minimum Gasteiger partial charge on any atom is -0.338 e. The van der Waals surface area contributed by atoms with Crippen molar-refractivity contribution in [1.29, 1.82) is 0 Å². The summed E-state index contributed by atoms with van der Waals surface area (Å²) in [6, 6.07) is 12.3. The van der Waals surface area contributed by atoms with Crippen molar-refractivity contribution in [2.24, 2.45) is 0 Å². The number of carbonyl (C=O) groups excluding carboxylic acids is 1. The number of hydrogen-bond donors (Lipinski definition) is 2. The largest absolute Gasteiger partial charge is 0.416 e. The van der Waals surface area contributed by atoms with E-state index in [2.05, 4.69) is 36.5 Å². The summed E-state index contributed by atoms with van der Waals surface area (Å²) in [5.41, 5.74) is 1.46. The fraction of sp³-hybridized carbons (Fsp3) is 0.360. The van der Waals surface area contributed by atoms with Gasteiger partial charge in [-0.05, 0) is 61.4 Å². The molecule has 2 N–H and O–H groups in total. The fourth-order valence-corrected chi connectivity index (χ4v) is 4.17. The van der Waals surface area contributed by atoms with Crippen molar-refractivity contribution in [1.82, 2.24) is 15.1 Å². The number of nitrogens with zero attached hydrogens (tertiary/aromatic N) is 2. The van der Waals surface area contributed by atoms with Crippen molar-refractivity contribution in [3.8, 4) is 5.69 Å². The Bertz CT molecular complexity index is 1330. The molecule has 36 heavy (non-hydrogen) atoms. The molecule has 2 aromatic carbocycles. The highest BCUT2D eigenvalue weighted by molar-refractivity contribution is 7.90. The van der Waals surface area contributed by atoms with Crippen LogP contribution < -0.4 is 10.6 Å². The van der Waals surface area contributed by atoms with Crippen LogP contribution in [0.15, 0.2) is 59.5 Å². The van der Waals surface area contributed by atoms with E-state index >= 15 is 0 Å². The molecule has 0 aliphatic rings. The van der Waals surface area contributed by atoms with Crippen LogP contribution in [-0.2, 0) is 27.8 Å². The Balaban J connectivity index is 1.62. The number of nitrogens with one attached hydrogen (secondary N) is 2. The van der Waals surface area contributed by atoms with E-state index < -0.39 is 27.6 Å². The van der Waals surface area contributed by atoms with Crippen molar-refractivity contribution < 1.29 is 26.4 Å². The zero-order valence-electron chi connectivity index (χ0n) is 20.5. The Labute approximate surface area is 208 Å². The Morgan fingerprint density at radius 3 is 2.28 bits per heavy atom. The average molecular weight is 523 g/mol. The number of carbonyl (C=O) groups is 1. The summed E-state index contributed by atoms with van der Waals surface area (Å²) in [6.07, 6.45) is -2.22. The number of anilines is 1. The first kappa shape index (κ1) is 27.3. The molecule has 7 nitrogen and oxygen atoms in total. The zero-order chi connectivity index (χ0) is 26.7. The van der Waals surface area contributed by atoms with E-state index in [0.717, 1.165) is 35.5 Å². The number of alkyl halides is 3. The lowest BCUT2D eigenvalue weighted by Gasteiger charge is -2.20. The number of hydrogen-bond acceptors (Lipinski definition) is 4. The minimum absolute atomic E-state index is 0.0535. The van der Waals surface area contributed by atoms with Gasteiger partial charge in [0.05, 0.1) is 21.8 Å². The quantitative estimate of drug-likeness (QED) is 0.410. The predicted molar refractivity (Wildman–Crippen MR) is 132 cm³/mol. The van der Waals surface area contributed by atoms with Gasteiger partial charge in [-0.1, -0.05) is 26.8 Å². The summed E-state index contributed by atoms with van der Waals surface area (Å²) in [5, 5.41) is 9.74. The van der Waals surface area contributed by atoms with E-state index in [4.69, 9.17) is 0 Å². The minimum atomic E-state index is -4.49. The molecule has 0 saturated carbocycles. The van der Waals surface area contributed by atoms with Crippen LogP contribution in [0, 0.1) is 0 Å². The van der Waals surface area contributed by atoms with Crippen LogP contribution in [0.25, 0.3) is 5.69 Å². The number of sulfone groups is 1. The van der Waals surface area contributed by atoms with Crippen LogP contribution >= 0.6 is 0 Å². The van der Waals surface area contributed by atoms with Crippen LogP contribution in [0.5, 0.6) is 0 Å². The maximum Gasteiger partial charge on any atom is 0.416 e. The zero-order valence-corrected chi connectivity index (χ0v) is 21.3. The van der Waals surface area contributed by atoms with Gasteiger partial charge in [0, 0.05) is 29.6 Å². The standard InChI is InChI=1S/C25H29F3N4O3S/c1-24(2,3)22-16-19(31-32(22)20-10-12-21(13-11-20)36(4,34)35)9-6-14-29-23(33)30-18-8-5-7-17(15-18)25(26,27)28/h5,7-8,10-13,15-16H,6,9,14H2,1-4H3,(H2,29,30,33). The Hall–Kier alpha value is -3.34. The Kier molecular flexibility index (Phi) is 7.82. The van der Waals surface area contributed by atoms with Gasteiger partial charge in [0.25, 0.3) is 0 Å². The summed E-state index contributed by atoms with van der Waals surface area (Å²) in [5.74, 6) is 0. The second-order valence-corrected chi connectivity index (χ2v) is 11.5. The molecule has 0 unspecified atom stereocenters. The van der Waals surface area contributed by atoms with Gasteiger partial charge in [0.1, 0.15) is 0 Å². The van der Waals surface area contributed by atoms with E-state index in [1.807, 2.05) is 6.07 Å². The van der Waals surface area contributed by atoms with Crippen molar-refractivity contribution >= 4 is 21.6 Å². The van der Waals surface area contributed by atoms with E-state index in [-0.39, 0.29) is 16.0 Å². The van der Waals surface area contributed by atoms with Crippen LogP contribution in [-0.4, -0.2) is 37.0 Å². The van der Waals surface area contributed by atoms with Crippen LogP contribution in [0.2, 0.25) is 0 Å². The highest BCUT2D eigenvalue weighted by atomic mass is 32.2. The van der Waals surface area contributed by atoms with Crippen molar-refractivity contribution in [2.75, 3.05) is 18.1 Å². The molecule has 3 aromatic rings. The van der Waals surface area contributed by atoms with E-state index in [1.54, 1.807) is 28.9 Å². The highest BCUT2D eigenvalue weighted by Crippen LogP contribution is 2.30. The number of rotatable bonds is 7. The first-order valence-electron chi connectivity index (χ1n) is 11.3. The monoisotopic (exact) mass is 522 g/mol. The smallest absolute Gasteiger partial charge is 0.338 e. The number of urea groups is 1. The third-order valence-corrected chi connectivity index (χ3v) is 6.51. The lowest BCUT2D eigenvalue weighted by atomic mass is 9.91. The number of halogens is 3. The van der Waals surface area contributed by atoms with Gasteiger partial charge in [-0.15, -0.1) is 0 Å². The number of aryl methyl sites for hydroxylation is 1. The molecular weight excluding hydrogens is 493 g/mol. The Morgan fingerprint density at radius 2 is 1.69 bits per heavy atom. The van der Waals surface area contributed by atoms with Crippen LogP contribution in [0.4, 0.5) is 23.7 Å². The molecular formula is C25H29F3N4O3S. The van der Waals surface area contributed by atoms with Gasteiger partial charge in [-0.25, -0.2) is 17.9 Å². The van der Waals surface area contributed by atoms with Gasteiger partial charge >= 0.3 is 12.2 Å². The topological polar surface area (TPSA) is 93.1 Å². The molecule has 11 heteroatoms. The van der Waals surface area contributed by atoms with Crippen LogP contribution in [0.1, 0.15) is 44.1 Å². The maximum absolute atomic E-state index is 12.8. The van der Waals surface area contributed by atoms with Gasteiger partial charge in [-0.3, -0.25) is 0 Å². The van der Waals surface area contributed by atoms with Crippen LogP contribution in [0.3, 0.4) is 0 Å². The third-order valence-electron chi connectivity index (χ3n) is 5.38. The summed E-state index contributed by atoms with van der Waals surface area (Å²) < 4.78 is 63.8. The predicted octanol–water partition coefficient (Wildman–Crippen LogP) is 5.35. The summed E-state index contributed by atoms with van der Waals surface area (Å²) in [7, 11) is -3.31. The molecule has 1 aromatic heterocycles. The second kappa shape index (κ2) is 10.3. The second-order valence-electron chi connectivity index (χ2n) is 9.51. The first-order chi connectivity index (χ1) is 16.6. The van der Waals surface area contributed by atoms with Gasteiger partial charge in [-0.2, -0.15) is 18.3 Å². The molecule has 0 fully saturated rings. The SMILES string of the molecule is CC(C)(C)c1cc(CCCNC(=O)Nc2cccc(C(F)(F)F)c2)nn1-c1ccc(S(C)(=O)=O)cc1. The molecule has 0 radical (unpaired) electrons. The summed E-state index contributed by atoms with van der Waals surface area (Å²) in [6.45, 7) is 6.45. The van der Waals surface area contributed by atoms with Gasteiger partial charge < -0.3 is 10.6 Å². The molecule has 0 atom stereocenters. The molecule has 0 aliphatic heterocycles. The molecule has 0 bridgehead atoms. The van der Waals surface area contributed by atoms with Crippen molar-refractivity contribution in [2.45, 2.75) is 50.1 Å². The molecule has 0 saturated heterocycles. The number of amides is 2. The summed E-state index contributed by atoms with van der Waals surface area (Å²) >= 11 is 0. The Morgan fingerprint density at radius 1 is 1.03 bits per heavy atom. The maximum atomic E-state index is 12.8. The molecule has 1 heterocycles. The fourth-order valence-electron chi connectivity index (χ4n) is 3.54. The van der Waals surface area contributed by atoms with Gasteiger partial charge in [0.2, 0.25) is 0 Å². The lowest BCUT2D eigenvalue weighted by Crippen LogP contribution is -2.29. The van der Waals surface area contributed by atoms with E-state index in [9.17, 15) is 26.4 Å². The highest BCUT2D eigenvalue weighted by Gasteiger charge is 2.30. The molecule has 0 aliphatic carbocycles. The number of aromatic nitrogens is 2. The molecule has 0 spiro atoms. The summed E-state index contributed by atoms with van der Waals surface area (Å²) in [4.78, 5) is 12.3. The molecule has 2 amide bonds.